The topological polar surface area (TPSA) is 76.1 Å². The van der Waals surface area contributed by atoms with Gasteiger partial charge in [-0.2, -0.15) is 0 Å². The molecule has 1 aliphatic heterocycles. The quantitative estimate of drug-likeness (QED) is 0.838. The third-order valence-corrected chi connectivity index (χ3v) is 3.85. The summed E-state index contributed by atoms with van der Waals surface area (Å²) in [6.45, 7) is 0.108. The molecule has 0 aromatic heterocycles. The summed E-state index contributed by atoms with van der Waals surface area (Å²) in [6, 6.07) is 8.51. The maximum Gasteiger partial charge on any atom is 0.411 e. The Bertz CT molecular complexity index is 505. The molecule has 0 bridgehead atoms. The highest BCUT2D eigenvalue weighted by Gasteiger charge is 2.42. The molecule has 0 radical (unpaired) electrons. The zero-order chi connectivity index (χ0) is 15.9. The van der Waals surface area contributed by atoms with Crippen molar-refractivity contribution >= 4 is 12.1 Å². The van der Waals surface area contributed by atoms with Gasteiger partial charge in [0, 0.05) is 12.6 Å². The Morgan fingerprint density at radius 3 is 2.64 bits per heavy atom. The number of carbonyl (C=O) groups excluding carboxylic acids is 2. The smallest absolute Gasteiger partial charge is 0.411 e. The third kappa shape index (κ3) is 3.76. The van der Waals surface area contributed by atoms with E-state index in [9.17, 15) is 9.59 Å². The van der Waals surface area contributed by atoms with Crippen LogP contribution in [-0.2, 0) is 20.9 Å². The summed E-state index contributed by atoms with van der Waals surface area (Å²) in [6.07, 6.45) is 1.06. The number of hydrogen-bond acceptors (Lipinski definition) is 5. The average molecular weight is 307 g/mol. The van der Waals surface area contributed by atoms with E-state index < -0.39 is 18.1 Å². The van der Waals surface area contributed by atoms with Gasteiger partial charge in [-0.25, -0.2) is 9.59 Å². The summed E-state index contributed by atoms with van der Waals surface area (Å²) in [7, 11) is 1.30. The summed E-state index contributed by atoms with van der Waals surface area (Å²) in [5.74, 6) is -0.447. The van der Waals surface area contributed by atoms with Gasteiger partial charge in [0.05, 0.1) is 7.11 Å². The first-order chi connectivity index (χ1) is 10.7. The summed E-state index contributed by atoms with van der Waals surface area (Å²) in [5.41, 5.74) is 0.878. The van der Waals surface area contributed by atoms with E-state index in [4.69, 9.17) is 14.6 Å². The number of aliphatic hydroxyl groups excluding tert-OH is 1. The van der Waals surface area contributed by atoms with Crippen LogP contribution in [0.25, 0.3) is 0 Å². The monoisotopic (exact) mass is 307 g/mol. The lowest BCUT2D eigenvalue weighted by atomic mass is 10.1. The van der Waals surface area contributed by atoms with Crippen LogP contribution in [0.15, 0.2) is 30.3 Å². The van der Waals surface area contributed by atoms with Gasteiger partial charge in [-0.1, -0.05) is 30.3 Å². The number of amides is 1. The molecule has 120 valence electrons. The number of esters is 1. The first-order valence-corrected chi connectivity index (χ1v) is 7.35. The Morgan fingerprint density at radius 1 is 1.27 bits per heavy atom. The Labute approximate surface area is 129 Å². The molecule has 1 heterocycles. The second-order valence-corrected chi connectivity index (χ2v) is 5.23. The lowest BCUT2D eigenvalue weighted by molar-refractivity contribution is -0.145. The van der Waals surface area contributed by atoms with Crippen LogP contribution in [0.2, 0.25) is 0 Å². The van der Waals surface area contributed by atoms with Crippen LogP contribution in [0.3, 0.4) is 0 Å². The Hall–Kier alpha value is -2.08. The molecule has 1 fully saturated rings. The number of methoxy groups -OCH3 is 1. The number of aliphatic hydroxyl groups is 1. The van der Waals surface area contributed by atoms with Crippen LogP contribution in [0.1, 0.15) is 24.8 Å². The van der Waals surface area contributed by atoms with E-state index in [0.29, 0.717) is 19.3 Å². The first kappa shape index (κ1) is 16.3. The van der Waals surface area contributed by atoms with Crippen molar-refractivity contribution in [1.82, 2.24) is 4.90 Å². The maximum atomic E-state index is 12.3. The molecular weight excluding hydrogens is 286 g/mol. The third-order valence-electron chi connectivity index (χ3n) is 3.85. The molecule has 0 unspecified atom stereocenters. The van der Waals surface area contributed by atoms with Gasteiger partial charge in [0.25, 0.3) is 0 Å². The lowest BCUT2D eigenvalue weighted by Gasteiger charge is -2.27. The highest BCUT2D eigenvalue weighted by Crippen LogP contribution is 2.28. The standard InChI is InChI=1S/C16H21NO5/c1-21-15(19)14-8-7-13(9-10-18)17(14)16(20)22-11-12-5-3-2-4-6-12/h2-6,13-14,18H,7-11H2,1H3/t13-,14+/m0/s1. The van der Waals surface area contributed by atoms with E-state index in [1.807, 2.05) is 30.3 Å². The minimum absolute atomic E-state index is 0.0407. The van der Waals surface area contributed by atoms with Crippen LogP contribution in [0.5, 0.6) is 0 Å². The highest BCUT2D eigenvalue weighted by atomic mass is 16.6. The van der Waals surface area contributed by atoms with Gasteiger partial charge in [-0.15, -0.1) is 0 Å². The van der Waals surface area contributed by atoms with Crippen molar-refractivity contribution in [1.29, 1.82) is 0 Å². The van der Waals surface area contributed by atoms with Gasteiger partial charge in [0.2, 0.25) is 0 Å². The van der Waals surface area contributed by atoms with Gasteiger partial charge in [-0.05, 0) is 24.8 Å². The lowest BCUT2D eigenvalue weighted by Crippen LogP contribution is -2.45. The SMILES string of the molecule is COC(=O)[C@H]1CC[C@@H](CCO)N1C(=O)OCc1ccccc1. The molecule has 1 saturated heterocycles. The molecule has 0 spiro atoms. The van der Waals surface area contributed by atoms with E-state index in [-0.39, 0.29) is 19.3 Å². The Balaban J connectivity index is 2.03. The van der Waals surface area contributed by atoms with Crippen molar-refractivity contribution in [3.05, 3.63) is 35.9 Å². The fourth-order valence-electron chi connectivity index (χ4n) is 2.75. The van der Waals surface area contributed by atoms with Gasteiger partial charge in [-0.3, -0.25) is 4.90 Å². The van der Waals surface area contributed by atoms with E-state index in [1.54, 1.807) is 0 Å². The number of rotatable bonds is 5. The number of nitrogens with zero attached hydrogens (tertiary/aromatic N) is 1. The Kier molecular flexibility index (Phi) is 5.77. The molecular formula is C16H21NO5. The molecule has 0 aliphatic carbocycles. The summed E-state index contributed by atoms with van der Waals surface area (Å²) < 4.78 is 10.1. The minimum Gasteiger partial charge on any atom is -0.467 e. The van der Waals surface area contributed by atoms with Crippen LogP contribution < -0.4 is 0 Å². The molecule has 6 nitrogen and oxygen atoms in total. The summed E-state index contributed by atoms with van der Waals surface area (Å²) >= 11 is 0. The van der Waals surface area contributed by atoms with Crippen LogP contribution in [-0.4, -0.2) is 47.9 Å². The molecule has 6 heteroatoms. The summed E-state index contributed by atoms with van der Waals surface area (Å²) in [4.78, 5) is 25.6. The van der Waals surface area contributed by atoms with Crippen LogP contribution >= 0.6 is 0 Å². The Morgan fingerprint density at radius 2 is 2.00 bits per heavy atom. The fourth-order valence-corrected chi connectivity index (χ4v) is 2.75. The zero-order valence-corrected chi connectivity index (χ0v) is 12.6. The molecule has 2 atom stereocenters. The molecule has 1 N–H and O–H groups in total. The second kappa shape index (κ2) is 7.79. The second-order valence-electron chi connectivity index (χ2n) is 5.23. The van der Waals surface area contributed by atoms with Crippen molar-refractivity contribution < 1.29 is 24.2 Å². The van der Waals surface area contributed by atoms with E-state index in [0.717, 1.165) is 5.56 Å². The van der Waals surface area contributed by atoms with Crippen molar-refractivity contribution in [2.75, 3.05) is 13.7 Å². The normalized spacial score (nSPS) is 20.7. The van der Waals surface area contributed by atoms with E-state index in [1.165, 1.54) is 12.0 Å². The van der Waals surface area contributed by atoms with Crippen molar-refractivity contribution in [2.24, 2.45) is 0 Å². The highest BCUT2D eigenvalue weighted by molar-refractivity contribution is 5.82. The van der Waals surface area contributed by atoms with Crippen LogP contribution in [0, 0.1) is 0 Å². The van der Waals surface area contributed by atoms with Gasteiger partial charge >= 0.3 is 12.1 Å². The predicted molar refractivity (Wildman–Crippen MR) is 79.0 cm³/mol. The predicted octanol–water partition coefficient (Wildman–Crippen LogP) is 1.71. The zero-order valence-electron chi connectivity index (χ0n) is 12.6. The molecule has 1 amide bonds. The largest absolute Gasteiger partial charge is 0.467 e. The first-order valence-electron chi connectivity index (χ1n) is 7.35. The number of benzene rings is 1. The number of likely N-dealkylation sites (tertiary alicyclic amines) is 1. The molecule has 0 saturated carbocycles. The van der Waals surface area contributed by atoms with Gasteiger partial charge in [0.1, 0.15) is 12.6 Å². The number of carbonyl (C=O) groups is 2. The summed E-state index contributed by atoms with van der Waals surface area (Å²) in [5, 5.41) is 9.12. The number of ether oxygens (including phenoxy) is 2. The molecule has 1 aliphatic rings. The maximum absolute atomic E-state index is 12.3. The van der Waals surface area contributed by atoms with Crippen LogP contribution in [0.4, 0.5) is 4.79 Å². The number of hydrogen-bond donors (Lipinski definition) is 1. The van der Waals surface area contributed by atoms with E-state index >= 15 is 0 Å². The minimum atomic E-state index is -0.634. The van der Waals surface area contributed by atoms with Crippen molar-refractivity contribution in [3.63, 3.8) is 0 Å². The average Bonchev–Trinajstić information content (AvgIpc) is 2.97. The molecule has 1 aromatic carbocycles. The van der Waals surface area contributed by atoms with E-state index in [2.05, 4.69) is 0 Å². The van der Waals surface area contributed by atoms with Gasteiger partial charge < -0.3 is 14.6 Å². The fraction of sp³-hybridized carbons (Fsp3) is 0.500. The molecule has 2 rings (SSSR count). The van der Waals surface area contributed by atoms with Gasteiger partial charge in [0.15, 0.2) is 0 Å². The van der Waals surface area contributed by atoms with Crippen molar-refractivity contribution in [2.45, 2.75) is 38.0 Å². The van der Waals surface area contributed by atoms with Crippen molar-refractivity contribution in [3.8, 4) is 0 Å². The molecule has 22 heavy (non-hydrogen) atoms. The molecule has 1 aromatic rings.